The van der Waals surface area contributed by atoms with E-state index in [1.165, 1.54) is 45.3 Å². The van der Waals surface area contributed by atoms with Crippen molar-refractivity contribution in [1.29, 1.82) is 0 Å². The highest BCUT2D eigenvalue weighted by Crippen LogP contribution is 2.30. The highest BCUT2D eigenvalue weighted by Gasteiger charge is 2.27. The maximum Gasteiger partial charge on any atom is 0.0582 e. The zero-order chi connectivity index (χ0) is 10.7. The Labute approximate surface area is 92.8 Å². The zero-order valence-corrected chi connectivity index (χ0v) is 9.78. The van der Waals surface area contributed by atoms with E-state index in [9.17, 15) is 0 Å². The van der Waals surface area contributed by atoms with Crippen molar-refractivity contribution in [3.05, 3.63) is 0 Å². The summed E-state index contributed by atoms with van der Waals surface area (Å²) in [6.07, 6.45) is 5.41. The Morgan fingerprint density at radius 2 is 1.93 bits per heavy atom. The predicted molar refractivity (Wildman–Crippen MR) is 61.9 cm³/mol. The molecule has 3 nitrogen and oxygen atoms in total. The van der Waals surface area contributed by atoms with Crippen molar-refractivity contribution in [2.75, 3.05) is 26.2 Å². The van der Waals surface area contributed by atoms with Gasteiger partial charge in [-0.1, -0.05) is 0 Å². The van der Waals surface area contributed by atoms with Crippen LogP contribution in [-0.2, 0) is 0 Å². The molecule has 0 radical (unpaired) electrons. The number of hydrogen-bond acceptors (Lipinski definition) is 3. The minimum absolute atomic E-state index is 0.252. The van der Waals surface area contributed by atoms with Gasteiger partial charge in [-0.15, -0.1) is 0 Å². The van der Waals surface area contributed by atoms with E-state index >= 15 is 0 Å². The third-order valence-corrected chi connectivity index (χ3v) is 3.59. The Hall–Kier alpha value is -0.120. The highest BCUT2D eigenvalue weighted by molar-refractivity contribution is 4.83. The van der Waals surface area contributed by atoms with Crippen molar-refractivity contribution in [2.24, 2.45) is 5.92 Å². The Bertz CT molecular complexity index is 186. The first-order chi connectivity index (χ1) is 7.28. The van der Waals surface area contributed by atoms with Crippen LogP contribution in [0.15, 0.2) is 0 Å². The summed E-state index contributed by atoms with van der Waals surface area (Å²) in [5, 5.41) is 12.5. The molecule has 15 heavy (non-hydrogen) atoms. The van der Waals surface area contributed by atoms with Gasteiger partial charge in [0.05, 0.1) is 6.61 Å². The van der Waals surface area contributed by atoms with E-state index in [-0.39, 0.29) is 12.6 Å². The third-order valence-electron chi connectivity index (χ3n) is 3.59. The van der Waals surface area contributed by atoms with Crippen LogP contribution in [-0.4, -0.2) is 48.3 Å². The molecule has 0 aromatic heterocycles. The fourth-order valence-corrected chi connectivity index (χ4v) is 2.40. The van der Waals surface area contributed by atoms with Gasteiger partial charge in [-0.25, -0.2) is 0 Å². The van der Waals surface area contributed by atoms with Crippen LogP contribution in [0.3, 0.4) is 0 Å². The molecular weight excluding hydrogens is 188 g/mol. The Kier molecular flexibility index (Phi) is 4.00. The highest BCUT2D eigenvalue weighted by atomic mass is 16.3. The molecule has 1 saturated heterocycles. The summed E-state index contributed by atoms with van der Waals surface area (Å²) < 4.78 is 0. The van der Waals surface area contributed by atoms with Crippen LogP contribution in [0.5, 0.6) is 0 Å². The second kappa shape index (κ2) is 5.28. The SMILES string of the molecule is C[C@@H](CO)NC1CCN(CC2CC2)CC1. The molecule has 0 aromatic carbocycles. The van der Waals surface area contributed by atoms with Gasteiger partial charge < -0.3 is 15.3 Å². The normalized spacial score (nSPS) is 26.8. The van der Waals surface area contributed by atoms with Crippen molar-refractivity contribution in [1.82, 2.24) is 10.2 Å². The van der Waals surface area contributed by atoms with Gasteiger partial charge in [-0.3, -0.25) is 0 Å². The second-order valence-electron chi connectivity index (χ2n) is 5.27. The molecule has 2 aliphatic rings. The average molecular weight is 212 g/mol. The van der Waals surface area contributed by atoms with E-state index < -0.39 is 0 Å². The van der Waals surface area contributed by atoms with Gasteiger partial charge in [0.2, 0.25) is 0 Å². The van der Waals surface area contributed by atoms with E-state index in [2.05, 4.69) is 17.1 Å². The van der Waals surface area contributed by atoms with Crippen LogP contribution in [0.2, 0.25) is 0 Å². The summed E-state index contributed by atoms with van der Waals surface area (Å²) in [6.45, 7) is 6.12. The number of rotatable bonds is 5. The van der Waals surface area contributed by atoms with Crippen LogP contribution < -0.4 is 5.32 Å². The molecule has 1 aliphatic carbocycles. The number of nitrogens with one attached hydrogen (secondary N) is 1. The number of aliphatic hydroxyl groups excluding tert-OH is 1. The zero-order valence-electron chi connectivity index (χ0n) is 9.78. The van der Waals surface area contributed by atoms with Gasteiger partial charge >= 0.3 is 0 Å². The van der Waals surface area contributed by atoms with Crippen LogP contribution in [0.25, 0.3) is 0 Å². The summed E-state index contributed by atoms with van der Waals surface area (Å²) in [7, 11) is 0. The lowest BCUT2D eigenvalue weighted by Gasteiger charge is -2.33. The maximum atomic E-state index is 8.97. The minimum atomic E-state index is 0.252. The standard InChI is InChI=1S/C12H24N2O/c1-10(9-15)13-12-4-6-14(7-5-12)8-11-2-3-11/h10-13,15H,2-9H2,1H3/t10-/m0/s1. The molecule has 2 rings (SSSR count). The van der Waals surface area contributed by atoms with E-state index in [4.69, 9.17) is 5.11 Å². The molecule has 1 atom stereocenters. The van der Waals surface area contributed by atoms with Gasteiger partial charge in [0.1, 0.15) is 0 Å². The average Bonchev–Trinajstić information content (AvgIpc) is 3.05. The Morgan fingerprint density at radius 3 is 2.47 bits per heavy atom. The molecule has 0 spiro atoms. The molecular formula is C12H24N2O. The summed E-state index contributed by atoms with van der Waals surface area (Å²) in [5.74, 6) is 1.02. The fraction of sp³-hybridized carbons (Fsp3) is 1.00. The third kappa shape index (κ3) is 3.74. The number of piperidine rings is 1. The molecule has 2 fully saturated rings. The smallest absolute Gasteiger partial charge is 0.0582 e. The first kappa shape index (κ1) is 11.4. The second-order valence-corrected chi connectivity index (χ2v) is 5.27. The minimum Gasteiger partial charge on any atom is -0.395 e. The lowest BCUT2D eigenvalue weighted by Crippen LogP contribution is -2.46. The predicted octanol–water partition coefficient (Wildman–Crippen LogP) is 0.831. The lowest BCUT2D eigenvalue weighted by molar-refractivity contribution is 0.171. The maximum absolute atomic E-state index is 8.97. The molecule has 0 bridgehead atoms. The molecule has 88 valence electrons. The van der Waals surface area contributed by atoms with Crippen molar-refractivity contribution in [2.45, 2.75) is 44.7 Å². The summed E-state index contributed by atoms with van der Waals surface area (Å²) in [4.78, 5) is 2.61. The first-order valence-electron chi connectivity index (χ1n) is 6.37. The van der Waals surface area contributed by atoms with Crippen LogP contribution >= 0.6 is 0 Å². The summed E-state index contributed by atoms with van der Waals surface area (Å²) >= 11 is 0. The van der Waals surface area contributed by atoms with Gasteiger partial charge in [-0.2, -0.15) is 0 Å². The van der Waals surface area contributed by atoms with E-state index in [0.29, 0.717) is 6.04 Å². The first-order valence-corrected chi connectivity index (χ1v) is 6.37. The van der Waals surface area contributed by atoms with Gasteiger partial charge in [0.15, 0.2) is 0 Å². The molecule has 0 aromatic rings. The largest absolute Gasteiger partial charge is 0.395 e. The molecule has 0 amide bonds. The van der Waals surface area contributed by atoms with Crippen LogP contribution in [0.1, 0.15) is 32.6 Å². The quantitative estimate of drug-likeness (QED) is 0.708. The summed E-state index contributed by atoms with van der Waals surface area (Å²) in [6, 6.07) is 0.882. The Balaban J connectivity index is 1.62. The van der Waals surface area contributed by atoms with E-state index in [1.54, 1.807) is 0 Å². The molecule has 1 aliphatic heterocycles. The van der Waals surface area contributed by atoms with Crippen molar-refractivity contribution in [3.63, 3.8) is 0 Å². The Morgan fingerprint density at radius 1 is 1.27 bits per heavy atom. The lowest BCUT2D eigenvalue weighted by atomic mass is 10.0. The molecule has 1 heterocycles. The monoisotopic (exact) mass is 212 g/mol. The van der Waals surface area contributed by atoms with E-state index in [0.717, 1.165) is 5.92 Å². The molecule has 1 saturated carbocycles. The fourth-order valence-electron chi connectivity index (χ4n) is 2.40. The van der Waals surface area contributed by atoms with Crippen LogP contribution in [0, 0.1) is 5.92 Å². The van der Waals surface area contributed by atoms with Gasteiger partial charge in [0, 0.05) is 18.6 Å². The number of likely N-dealkylation sites (tertiary alicyclic amines) is 1. The number of nitrogens with zero attached hydrogens (tertiary/aromatic N) is 1. The van der Waals surface area contributed by atoms with E-state index in [1.807, 2.05) is 0 Å². The topological polar surface area (TPSA) is 35.5 Å². The summed E-state index contributed by atoms with van der Waals surface area (Å²) in [5.41, 5.74) is 0. The van der Waals surface area contributed by atoms with Crippen molar-refractivity contribution >= 4 is 0 Å². The van der Waals surface area contributed by atoms with Gasteiger partial charge in [0.25, 0.3) is 0 Å². The molecule has 2 N–H and O–H groups in total. The van der Waals surface area contributed by atoms with Crippen LogP contribution in [0.4, 0.5) is 0 Å². The van der Waals surface area contributed by atoms with Crippen molar-refractivity contribution < 1.29 is 5.11 Å². The molecule has 3 heteroatoms. The van der Waals surface area contributed by atoms with Crippen molar-refractivity contribution in [3.8, 4) is 0 Å². The van der Waals surface area contributed by atoms with Gasteiger partial charge in [-0.05, 0) is 51.6 Å². The number of hydrogen-bond donors (Lipinski definition) is 2. The number of aliphatic hydroxyl groups is 1. The molecule has 0 unspecified atom stereocenters.